The molecule has 0 radical (unpaired) electrons. The number of carbonyl (C=O) groups is 1. The third kappa shape index (κ3) is 4.89. The molecule has 3 aromatic rings. The summed E-state index contributed by atoms with van der Waals surface area (Å²) in [7, 11) is 3.44. The number of quaternary nitrogens is 1. The molecule has 4 rings (SSSR count). The SMILES string of the molecule is [2H]C([2H])([2H])[N+](C)(C)CCc1coc2ccc(-c3cncc(CC(=O)N4CCOCC4)c3)cc12. The van der Waals surface area contributed by atoms with Crippen molar-refractivity contribution in [2.24, 2.45) is 0 Å². The minimum atomic E-state index is -2.07. The summed E-state index contributed by atoms with van der Waals surface area (Å²) in [6, 6.07) is 7.95. The molecule has 0 atom stereocenters. The molecule has 158 valence electrons. The van der Waals surface area contributed by atoms with Crippen LogP contribution >= 0.6 is 0 Å². The Hall–Kier alpha value is -2.70. The van der Waals surface area contributed by atoms with Crippen molar-refractivity contribution in [3.05, 3.63) is 54.0 Å². The highest BCUT2D eigenvalue weighted by molar-refractivity contribution is 5.86. The summed E-state index contributed by atoms with van der Waals surface area (Å²) in [5.41, 5.74) is 4.51. The number of amides is 1. The quantitative estimate of drug-likeness (QED) is 0.585. The Morgan fingerprint density at radius 3 is 2.83 bits per heavy atom. The predicted octanol–water partition coefficient (Wildman–Crippen LogP) is 3.14. The molecule has 0 unspecified atom stereocenters. The molecule has 1 aromatic carbocycles. The lowest BCUT2D eigenvalue weighted by Gasteiger charge is -2.26. The summed E-state index contributed by atoms with van der Waals surface area (Å²) in [6.45, 7) is 0.816. The Kier molecular flexibility index (Phi) is 4.87. The van der Waals surface area contributed by atoms with Crippen LogP contribution in [0.3, 0.4) is 0 Å². The molecule has 0 aliphatic carbocycles. The van der Waals surface area contributed by atoms with Gasteiger partial charge < -0.3 is 18.5 Å². The molecule has 30 heavy (non-hydrogen) atoms. The number of likely N-dealkylation sites (N-methyl/N-ethyl adjacent to an activating group) is 1. The van der Waals surface area contributed by atoms with Crippen molar-refractivity contribution < 1.29 is 22.5 Å². The van der Waals surface area contributed by atoms with E-state index in [4.69, 9.17) is 13.3 Å². The fraction of sp³-hybridized carbons (Fsp3) is 0.417. The Morgan fingerprint density at radius 2 is 2.03 bits per heavy atom. The first-order valence-electron chi connectivity index (χ1n) is 11.8. The van der Waals surface area contributed by atoms with Gasteiger partial charge in [0.1, 0.15) is 5.58 Å². The molecular formula is C24H30N3O3+. The number of hydrogen-bond donors (Lipinski definition) is 0. The summed E-state index contributed by atoms with van der Waals surface area (Å²) >= 11 is 0. The van der Waals surface area contributed by atoms with Crippen LogP contribution in [0.2, 0.25) is 0 Å². The van der Waals surface area contributed by atoms with Crippen LogP contribution in [0.15, 0.2) is 47.3 Å². The van der Waals surface area contributed by atoms with Crippen LogP contribution in [0.5, 0.6) is 0 Å². The summed E-state index contributed by atoms with van der Waals surface area (Å²) < 4.78 is 34.2. The van der Waals surface area contributed by atoms with E-state index < -0.39 is 6.98 Å². The van der Waals surface area contributed by atoms with Crippen molar-refractivity contribution in [3.63, 3.8) is 0 Å². The molecule has 3 heterocycles. The predicted molar refractivity (Wildman–Crippen MR) is 117 cm³/mol. The molecule has 0 bridgehead atoms. The van der Waals surface area contributed by atoms with E-state index in [2.05, 4.69) is 4.98 Å². The van der Waals surface area contributed by atoms with Crippen LogP contribution in [0.1, 0.15) is 15.2 Å². The number of furan rings is 1. The van der Waals surface area contributed by atoms with Gasteiger partial charge in [0.2, 0.25) is 5.91 Å². The lowest BCUT2D eigenvalue weighted by molar-refractivity contribution is -0.870. The lowest BCUT2D eigenvalue weighted by Crippen LogP contribution is -2.41. The van der Waals surface area contributed by atoms with Crippen LogP contribution < -0.4 is 0 Å². The van der Waals surface area contributed by atoms with Crippen molar-refractivity contribution in [1.82, 2.24) is 9.88 Å². The first-order valence-corrected chi connectivity index (χ1v) is 10.3. The Labute approximate surface area is 181 Å². The van der Waals surface area contributed by atoms with Crippen molar-refractivity contribution >= 4 is 16.9 Å². The fourth-order valence-corrected chi connectivity index (χ4v) is 3.70. The van der Waals surface area contributed by atoms with Gasteiger partial charge in [-0.2, -0.15) is 0 Å². The fourth-order valence-electron chi connectivity index (χ4n) is 3.70. The minimum Gasteiger partial charge on any atom is -0.464 e. The normalized spacial score (nSPS) is 16.9. The minimum absolute atomic E-state index is 0.0670. The van der Waals surface area contributed by atoms with Gasteiger partial charge >= 0.3 is 0 Å². The van der Waals surface area contributed by atoms with Crippen molar-refractivity contribution in [3.8, 4) is 11.1 Å². The molecule has 1 aliphatic heterocycles. The van der Waals surface area contributed by atoms with E-state index in [9.17, 15) is 4.79 Å². The third-order valence-electron chi connectivity index (χ3n) is 5.44. The van der Waals surface area contributed by atoms with E-state index in [1.807, 2.05) is 29.2 Å². The Balaban J connectivity index is 1.53. The van der Waals surface area contributed by atoms with Crippen LogP contribution in [-0.2, 0) is 22.4 Å². The molecule has 6 nitrogen and oxygen atoms in total. The Morgan fingerprint density at radius 1 is 1.20 bits per heavy atom. The maximum atomic E-state index is 12.6. The molecule has 2 aromatic heterocycles. The summed E-state index contributed by atoms with van der Waals surface area (Å²) in [5.74, 6) is 0.0832. The molecule has 1 aliphatic rings. The van der Waals surface area contributed by atoms with Crippen LogP contribution in [0, 0.1) is 0 Å². The number of aromatic nitrogens is 1. The molecular weight excluding hydrogens is 378 g/mol. The number of fused-ring (bicyclic) bond motifs is 1. The molecule has 1 fully saturated rings. The number of nitrogens with zero attached hydrogens (tertiary/aromatic N) is 3. The van der Waals surface area contributed by atoms with Gasteiger partial charge in [-0.15, -0.1) is 0 Å². The largest absolute Gasteiger partial charge is 0.464 e. The summed E-state index contributed by atoms with van der Waals surface area (Å²) in [5, 5.41) is 0.966. The number of pyridine rings is 1. The van der Waals surface area contributed by atoms with Gasteiger partial charge in [0.15, 0.2) is 0 Å². The van der Waals surface area contributed by atoms with Gasteiger partial charge in [-0.1, -0.05) is 6.07 Å². The van der Waals surface area contributed by atoms with Crippen molar-refractivity contribution in [2.75, 3.05) is 53.9 Å². The van der Waals surface area contributed by atoms with Crippen LogP contribution in [-0.4, -0.2) is 74.2 Å². The number of carbonyl (C=O) groups excluding carboxylic acids is 1. The molecule has 0 N–H and O–H groups in total. The maximum absolute atomic E-state index is 12.6. The highest BCUT2D eigenvalue weighted by atomic mass is 16.5. The first kappa shape index (κ1) is 17.0. The Bertz CT molecular complexity index is 1130. The van der Waals surface area contributed by atoms with Gasteiger partial charge in [0, 0.05) is 48.4 Å². The number of ether oxygens (including phenoxy) is 1. The molecule has 0 spiro atoms. The zero-order valence-electron chi connectivity index (χ0n) is 20.6. The van der Waals surface area contributed by atoms with E-state index in [0.717, 1.165) is 33.2 Å². The molecule has 6 heteroatoms. The average Bonchev–Trinajstić information content (AvgIpc) is 3.20. The smallest absolute Gasteiger partial charge is 0.227 e. The first-order chi connectivity index (χ1) is 15.6. The second-order valence-corrected chi connectivity index (χ2v) is 8.38. The molecule has 0 saturated carbocycles. The van der Waals surface area contributed by atoms with Gasteiger partial charge in [0.25, 0.3) is 0 Å². The molecule has 1 amide bonds. The van der Waals surface area contributed by atoms with E-state index in [-0.39, 0.29) is 10.4 Å². The maximum Gasteiger partial charge on any atom is 0.227 e. The summed E-state index contributed by atoms with van der Waals surface area (Å²) in [6.07, 6.45) is 6.14. The lowest BCUT2D eigenvalue weighted by atomic mass is 10.0. The second-order valence-electron chi connectivity index (χ2n) is 8.38. The zero-order chi connectivity index (χ0) is 23.6. The van der Waals surface area contributed by atoms with Gasteiger partial charge in [-0.3, -0.25) is 9.78 Å². The van der Waals surface area contributed by atoms with Crippen LogP contribution in [0.25, 0.3) is 22.1 Å². The number of benzene rings is 1. The third-order valence-corrected chi connectivity index (χ3v) is 5.44. The average molecular weight is 412 g/mol. The highest BCUT2D eigenvalue weighted by Crippen LogP contribution is 2.28. The van der Waals surface area contributed by atoms with Crippen LogP contribution in [0.4, 0.5) is 0 Å². The van der Waals surface area contributed by atoms with E-state index in [1.54, 1.807) is 32.8 Å². The monoisotopic (exact) mass is 411 g/mol. The van der Waals surface area contributed by atoms with Gasteiger partial charge in [-0.05, 0) is 29.3 Å². The van der Waals surface area contributed by atoms with E-state index >= 15 is 0 Å². The number of rotatable bonds is 6. The highest BCUT2D eigenvalue weighted by Gasteiger charge is 2.18. The van der Waals surface area contributed by atoms with Crippen molar-refractivity contribution in [1.29, 1.82) is 0 Å². The zero-order valence-corrected chi connectivity index (χ0v) is 17.6. The van der Waals surface area contributed by atoms with E-state index in [1.165, 1.54) is 0 Å². The topological polar surface area (TPSA) is 55.6 Å². The van der Waals surface area contributed by atoms with Crippen molar-refractivity contribution in [2.45, 2.75) is 12.8 Å². The summed E-state index contributed by atoms with van der Waals surface area (Å²) in [4.78, 5) is 18.8. The standard InChI is InChI=1S/C24H30N3O3/c1-27(2,3)9-6-20-17-30-23-5-4-19(14-22(20)23)21-12-18(15-25-16-21)13-24(28)26-7-10-29-11-8-26/h4-5,12,14-17H,6-11,13H2,1-3H3/q+1/i1D3. The number of hydrogen-bond acceptors (Lipinski definition) is 4. The van der Waals surface area contributed by atoms with E-state index in [0.29, 0.717) is 45.7 Å². The van der Waals surface area contributed by atoms with Gasteiger partial charge in [-0.25, -0.2) is 0 Å². The number of morpholine rings is 1. The molecule has 1 saturated heterocycles. The second kappa shape index (κ2) is 8.58. The van der Waals surface area contributed by atoms with Gasteiger partial charge in [0.05, 0.1) is 57.6 Å².